The molecule has 0 saturated heterocycles. The third-order valence-electron chi connectivity index (χ3n) is 3.63. The van der Waals surface area contributed by atoms with Gasteiger partial charge in [-0.15, -0.1) is 0 Å². The van der Waals surface area contributed by atoms with Gasteiger partial charge in [0.2, 0.25) is 0 Å². The number of halogens is 2. The topological polar surface area (TPSA) is 0 Å². The summed E-state index contributed by atoms with van der Waals surface area (Å²) in [4.78, 5) is 0. The zero-order valence-electron chi connectivity index (χ0n) is 7.27. The van der Waals surface area contributed by atoms with Gasteiger partial charge in [-0.2, -0.15) is 0 Å². The van der Waals surface area contributed by atoms with Crippen molar-refractivity contribution >= 4 is 31.9 Å². The summed E-state index contributed by atoms with van der Waals surface area (Å²) in [5.41, 5.74) is 0.576. The predicted octanol–water partition coefficient (Wildman–Crippen LogP) is 4.01. The Kier molecular flexibility index (Phi) is 1.70. The van der Waals surface area contributed by atoms with E-state index in [1.807, 2.05) is 0 Å². The predicted molar refractivity (Wildman–Crippen MR) is 59.7 cm³/mol. The lowest BCUT2D eigenvalue weighted by Crippen LogP contribution is -2.02. The normalized spacial score (nSPS) is 48.3. The van der Waals surface area contributed by atoms with Crippen LogP contribution in [0, 0.1) is 10.8 Å². The van der Waals surface area contributed by atoms with Crippen LogP contribution in [-0.4, -0.2) is 3.23 Å². The van der Waals surface area contributed by atoms with Crippen molar-refractivity contribution in [1.29, 1.82) is 0 Å². The molecule has 2 atom stereocenters. The molecule has 0 amide bonds. The van der Waals surface area contributed by atoms with E-state index in [0.29, 0.717) is 5.41 Å². The molecule has 0 aromatic heterocycles. The lowest BCUT2D eigenvalue weighted by Gasteiger charge is -2.09. The van der Waals surface area contributed by atoms with Crippen LogP contribution in [0.15, 0.2) is 24.3 Å². The third kappa shape index (κ3) is 0.741. The van der Waals surface area contributed by atoms with Gasteiger partial charge in [0.05, 0.1) is 3.23 Å². The van der Waals surface area contributed by atoms with E-state index in [2.05, 4.69) is 70.0 Å². The fourth-order valence-corrected chi connectivity index (χ4v) is 4.25. The van der Waals surface area contributed by atoms with Crippen molar-refractivity contribution < 1.29 is 0 Å². The zero-order chi connectivity index (χ0) is 9.04. The first-order valence-corrected chi connectivity index (χ1v) is 5.76. The molecule has 0 aromatic carbocycles. The lowest BCUT2D eigenvalue weighted by atomic mass is 9.94. The Labute approximate surface area is 90.4 Å². The van der Waals surface area contributed by atoms with Gasteiger partial charge in [0.15, 0.2) is 0 Å². The van der Waals surface area contributed by atoms with Crippen LogP contribution in [0.1, 0.15) is 20.3 Å². The molecule has 12 heavy (non-hydrogen) atoms. The van der Waals surface area contributed by atoms with Gasteiger partial charge in [-0.1, -0.05) is 70.0 Å². The van der Waals surface area contributed by atoms with Crippen molar-refractivity contribution in [2.24, 2.45) is 10.8 Å². The molecule has 2 aliphatic carbocycles. The maximum Gasteiger partial charge on any atom is 0.0964 e. The molecule has 0 spiro atoms. The van der Waals surface area contributed by atoms with E-state index >= 15 is 0 Å². The van der Waals surface area contributed by atoms with Crippen LogP contribution in [0.5, 0.6) is 0 Å². The molecule has 1 saturated carbocycles. The second-order valence-electron chi connectivity index (χ2n) is 4.10. The van der Waals surface area contributed by atoms with Gasteiger partial charge in [0.25, 0.3) is 0 Å². The van der Waals surface area contributed by atoms with Gasteiger partial charge in [0, 0.05) is 10.8 Å². The maximum absolute atomic E-state index is 3.76. The smallest absolute Gasteiger partial charge is 0.0839 e. The van der Waals surface area contributed by atoms with Gasteiger partial charge in [-0.05, 0) is 6.42 Å². The first kappa shape index (κ1) is 9.01. The summed E-state index contributed by atoms with van der Waals surface area (Å²) in [6.07, 6.45) is 9.95. The van der Waals surface area contributed by atoms with Crippen molar-refractivity contribution in [1.82, 2.24) is 0 Å². The largest absolute Gasteiger partial charge is 0.0964 e. The number of rotatable bonds is 0. The van der Waals surface area contributed by atoms with E-state index in [-0.39, 0.29) is 8.65 Å². The van der Waals surface area contributed by atoms with Crippen LogP contribution in [0.3, 0.4) is 0 Å². The average molecular weight is 292 g/mol. The van der Waals surface area contributed by atoms with E-state index in [1.165, 1.54) is 0 Å². The lowest BCUT2D eigenvalue weighted by molar-refractivity contribution is 0.464. The Morgan fingerprint density at radius 2 is 1.83 bits per heavy atom. The van der Waals surface area contributed by atoms with Crippen molar-refractivity contribution in [3.05, 3.63) is 24.3 Å². The standard InChI is InChI=1S/C10H12Br2/c1-8-6-4-3-5-7-9(8,2)10(8,11)12/h3-6H,7H2,1-2H3/t8-,9-/m1/s1. The summed E-state index contributed by atoms with van der Waals surface area (Å²) >= 11 is 7.52. The molecule has 2 aliphatic rings. The minimum atomic E-state index is 0.0985. The number of fused-ring (bicyclic) bond motifs is 1. The van der Waals surface area contributed by atoms with E-state index in [4.69, 9.17) is 0 Å². The van der Waals surface area contributed by atoms with Crippen LogP contribution >= 0.6 is 31.9 Å². The number of hydrogen-bond acceptors (Lipinski definition) is 0. The first-order valence-electron chi connectivity index (χ1n) is 4.18. The molecule has 0 aromatic rings. The van der Waals surface area contributed by atoms with Gasteiger partial charge < -0.3 is 0 Å². The molecular formula is C10H12Br2. The average Bonchev–Trinajstić information content (AvgIpc) is 2.40. The molecule has 0 heterocycles. The molecule has 66 valence electrons. The Morgan fingerprint density at radius 1 is 1.17 bits per heavy atom. The Balaban J connectivity index is 2.44. The monoisotopic (exact) mass is 290 g/mol. The van der Waals surface area contributed by atoms with E-state index < -0.39 is 0 Å². The fraction of sp³-hybridized carbons (Fsp3) is 0.600. The summed E-state index contributed by atoms with van der Waals surface area (Å²) in [5, 5.41) is 0. The van der Waals surface area contributed by atoms with Crippen molar-refractivity contribution in [3.8, 4) is 0 Å². The molecule has 0 radical (unpaired) electrons. The van der Waals surface area contributed by atoms with E-state index in [1.54, 1.807) is 0 Å². The zero-order valence-corrected chi connectivity index (χ0v) is 10.4. The summed E-state index contributed by atoms with van der Waals surface area (Å²) in [6.45, 7) is 4.61. The quantitative estimate of drug-likeness (QED) is 0.592. The van der Waals surface area contributed by atoms with Crippen molar-refractivity contribution in [2.75, 3.05) is 0 Å². The SMILES string of the molecule is C[C@@]12C=CC=CC[C@@]1(C)C2(Br)Br. The van der Waals surface area contributed by atoms with E-state index in [0.717, 1.165) is 6.42 Å². The fourth-order valence-electron chi connectivity index (χ4n) is 2.16. The molecule has 2 rings (SSSR count). The van der Waals surface area contributed by atoms with Crippen molar-refractivity contribution in [3.63, 3.8) is 0 Å². The molecule has 0 nitrogen and oxygen atoms in total. The molecule has 0 bridgehead atoms. The summed E-state index contributed by atoms with van der Waals surface area (Å²) < 4.78 is 0.0985. The molecule has 0 N–H and O–H groups in total. The summed E-state index contributed by atoms with van der Waals surface area (Å²) in [7, 11) is 0. The molecule has 1 fully saturated rings. The molecule has 0 unspecified atom stereocenters. The van der Waals surface area contributed by atoms with Gasteiger partial charge in [-0.3, -0.25) is 0 Å². The highest BCUT2D eigenvalue weighted by atomic mass is 79.9. The highest BCUT2D eigenvalue weighted by molar-refractivity contribution is 9.25. The van der Waals surface area contributed by atoms with Gasteiger partial charge in [-0.25, -0.2) is 0 Å². The highest BCUT2D eigenvalue weighted by Crippen LogP contribution is 2.82. The van der Waals surface area contributed by atoms with Gasteiger partial charge in [0.1, 0.15) is 0 Å². The Bertz CT molecular complexity index is 278. The molecule has 2 heteroatoms. The minimum absolute atomic E-state index is 0.0985. The third-order valence-corrected chi connectivity index (χ3v) is 7.03. The summed E-state index contributed by atoms with van der Waals surface area (Å²) in [5.74, 6) is 0. The Hall–Kier alpha value is 0.440. The van der Waals surface area contributed by atoms with Crippen LogP contribution in [0.2, 0.25) is 0 Å². The van der Waals surface area contributed by atoms with Crippen LogP contribution in [0.4, 0.5) is 0 Å². The highest BCUT2D eigenvalue weighted by Gasteiger charge is 2.78. The maximum atomic E-state index is 3.76. The van der Waals surface area contributed by atoms with Crippen LogP contribution in [0.25, 0.3) is 0 Å². The number of allylic oxidation sites excluding steroid dienone is 4. The minimum Gasteiger partial charge on any atom is -0.0839 e. The molecule has 0 aliphatic heterocycles. The Morgan fingerprint density at radius 3 is 2.50 bits per heavy atom. The second-order valence-corrected chi connectivity index (χ2v) is 7.54. The first-order chi connectivity index (χ1) is 5.46. The second kappa shape index (κ2) is 2.27. The van der Waals surface area contributed by atoms with Crippen LogP contribution in [-0.2, 0) is 0 Å². The molecular weight excluding hydrogens is 280 g/mol. The number of alkyl halides is 2. The number of hydrogen-bond donors (Lipinski definition) is 0. The van der Waals surface area contributed by atoms with Crippen molar-refractivity contribution in [2.45, 2.75) is 23.5 Å². The van der Waals surface area contributed by atoms with E-state index in [9.17, 15) is 0 Å². The summed E-state index contributed by atoms with van der Waals surface area (Å²) in [6, 6.07) is 0. The van der Waals surface area contributed by atoms with Crippen LogP contribution < -0.4 is 0 Å². The van der Waals surface area contributed by atoms with Gasteiger partial charge >= 0.3 is 0 Å².